The van der Waals surface area contributed by atoms with Gasteiger partial charge in [-0.3, -0.25) is 14.4 Å². The number of benzene rings is 1. The number of hydrogen-bond donors (Lipinski definition) is 1. The van der Waals surface area contributed by atoms with E-state index in [0.717, 1.165) is 24.9 Å². The van der Waals surface area contributed by atoms with Crippen LogP contribution in [0, 0.1) is 5.41 Å². The zero-order valence-corrected chi connectivity index (χ0v) is 15.7. The minimum Gasteiger partial charge on any atom is -0.369 e. The summed E-state index contributed by atoms with van der Waals surface area (Å²) in [4.78, 5) is 40.7. The smallest absolute Gasteiger partial charge is 0.246 e. The van der Waals surface area contributed by atoms with E-state index in [0.29, 0.717) is 24.4 Å². The Kier molecular flexibility index (Phi) is 5.23. The maximum absolute atomic E-state index is 13.0. The molecule has 1 aliphatic heterocycles. The summed E-state index contributed by atoms with van der Waals surface area (Å²) in [5, 5.41) is 0.560. The van der Waals surface area contributed by atoms with Crippen LogP contribution in [0.25, 0.3) is 0 Å². The van der Waals surface area contributed by atoms with Gasteiger partial charge < -0.3 is 15.5 Å². The third-order valence-electron chi connectivity index (χ3n) is 5.34. The molecule has 6 nitrogen and oxygen atoms in total. The summed E-state index contributed by atoms with van der Waals surface area (Å²) in [6.07, 6.45) is 3.66. The highest BCUT2D eigenvalue weighted by molar-refractivity contribution is 6.31. The van der Waals surface area contributed by atoms with E-state index in [1.165, 1.54) is 0 Å². The van der Waals surface area contributed by atoms with Crippen LogP contribution in [0.1, 0.15) is 39.0 Å². The Balaban J connectivity index is 1.84. The number of anilines is 1. The van der Waals surface area contributed by atoms with Crippen LogP contribution in [0.3, 0.4) is 0 Å². The monoisotopic (exact) mass is 377 g/mol. The first-order chi connectivity index (χ1) is 12.4. The van der Waals surface area contributed by atoms with Crippen molar-refractivity contribution in [3.63, 3.8) is 0 Å². The van der Waals surface area contributed by atoms with Crippen LogP contribution in [0.2, 0.25) is 5.02 Å². The molecule has 0 bridgehead atoms. The highest BCUT2D eigenvalue weighted by Gasteiger charge is 2.58. The van der Waals surface area contributed by atoms with E-state index in [4.69, 9.17) is 17.3 Å². The molecule has 0 radical (unpaired) electrons. The molecule has 1 heterocycles. The Hall–Kier alpha value is -2.08. The topological polar surface area (TPSA) is 83.7 Å². The lowest BCUT2D eigenvalue weighted by Crippen LogP contribution is -2.60. The highest BCUT2D eigenvalue weighted by Crippen LogP contribution is 2.47. The molecule has 1 aromatic carbocycles. The molecule has 2 aliphatic rings. The first kappa shape index (κ1) is 18.7. The predicted molar refractivity (Wildman–Crippen MR) is 99.7 cm³/mol. The van der Waals surface area contributed by atoms with Crippen LogP contribution >= 0.6 is 11.6 Å². The van der Waals surface area contributed by atoms with E-state index >= 15 is 0 Å². The average molecular weight is 378 g/mol. The molecule has 140 valence electrons. The summed E-state index contributed by atoms with van der Waals surface area (Å²) in [5.74, 6) is -1.04. The van der Waals surface area contributed by atoms with Gasteiger partial charge in [0, 0.05) is 17.3 Å². The van der Waals surface area contributed by atoms with Gasteiger partial charge in [-0.05, 0) is 37.5 Å². The summed E-state index contributed by atoms with van der Waals surface area (Å²) in [6, 6.07) is 7.02. The number of rotatable bonds is 6. The maximum atomic E-state index is 13.0. The second kappa shape index (κ2) is 7.27. The van der Waals surface area contributed by atoms with Crippen LogP contribution in [0.15, 0.2) is 24.3 Å². The van der Waals surface area contributed by atoms with Crippen LogP contribution in [-0.2, 0) is 14.4 Å². The fourth-order valence-electron chi connectivity index (χ4n) is 3.55. The molecule has 3 rings (SSSR count). The number of carbonyl (C=O) groups is 3. The van der Waals surface area contributed by atoms with Crippen molar-refractivity contribution in [1.82, 2.24) is 4.90 Å². The highest BCUT2D eigenvalue weighted by atomic mass is 35.5. The molecule has 2 N–H and O–H groups in total. The Morgan fingerprint density at radius 3 is 2.65 bits per heavy atom. The summed E-state index contributed by atoms with van der Waals surface area (Å²) >= 11 is 6.06. The summed E-state index contributed by atoms with van der Waals surface area (Å²) in [5.41, 5.74) is 5.09. The van der Waals surface area contributed by atoms with Crippen molar-refractivity contribution in [2.45, 2.75) is 45.1 Å². The van der Waals surface area contributed by atoms with E-state index in [-0.39, 0.29) is 24.4 Å². The molecule has 1 aromatic rings. The third kappa shape index (κ3) is 3.43. The fourth-order valence-corrected chi connectivity index (χ4v) is 3.74. The summed E-state index contributed by atoms with van der Waals surface area (Å²) in [6.45, 7) is 2.45. The second-order valence-electron chi connectivity index (χ2n) is 7.16. The van der Waals surface area contributed by atoms with E-state index in [1.807, 2.05) is 6.07 Å². The van der Waals surface area contributed by atoms with Crippen molar-refractivity contribution >= 4 is 35.0 Å². The fraction of sp³-hybridized carbons (Fsp3) is 0.526. The lowest BCUT2D eigenvalue weighted by molar-refractivity contribution is -0.148. The van der Waals surface area contributed by atoms with Crippen LogP contribution in [0.5, 0.6) is 0 Å². The molecule has 0 spiro atoms. The normalized spacial score (nSPS) is 21.6. The molecule has 1 saturated carbocycles. The van der Waals surface area contributed by atoms with Crippen LogP contribution < -0.4 is 10.6 Å². The number of unbranched alkanes of at least 4 members (excludes halogenated alkanes) is 1. The van der Waals surface area contributed by atoms with Gasteiger partial charge >= 0.3 is 0 Å². The second-order valence-corrected chi connectivity index (χ2v) is 7.60. The average Bonchev–Trinajstić information content (AvgIpc) is 3.42. The van der Waals surface area contributed by atoms with E-state index in [1.54, 1.807) is 28.0 Å². The van der Waals surface area contributed by atoms with Gasteiger partial charge in [-0.2, -0.15) is 0 Å². The number of nitrogens with two attached hydrogens (primary N) is 1. The molecule has 2 fully saturated rings. The van der Waals surface area contributed by atoms with Crippen molar-refractivity contribution in [1.29, 1.82) is 0 Å². The lowest BCUT2D eigenvalue weighted by Gasteiger charge is -2.42. The minimum absolute atomic E-state index is 0.0330. The Morgan fingerprint density at radius 1 is 1.35 bits per heavy atom. The molecule has 0 aromatic heterocycles. The zero-order valence-electron chi connectivity index (χ0n) is 14.9. The van der Waals surface area contributed by atoms with Gasteiger partial charge in [-0.15, -0.1) is 0 Å². The van der Waals surface area contributed by atoms with Crippen molar-refractivity contribution in [2.24, 2.45) is 11.1 Å². The van der Waals surface area contributed by atoms with Crippen molar-refractivity contribution in [3.05, 3.63) is 29.3 Å². The van der Waals surface area contributed by atoms with E-state index in [2.05, 4.69) is 6.92 Å². The SMILES string of the molecule is CCCC[C@@H]1CN(c2cccc(Cl)c2)C(=O)CN1C(=O)C1(C(N)=O)CC1. The standard InChI is InChI=1S/C19H24ClN3O3/c1-2-3-6-15-11-22(14-7-4-5-13(20)10-14)16(24)12-23(15)18(26)19(8-9-19)17(21)25/h4-5,7,10,15H,2-3,6,8-9,11-12H2,1H3,(H2,21,25)/t15-/m1/s1. The van der Waals surface area contributed by atoms with Crippen molar-refractivity contribution in [3.8, 4) is 0 Å². The Morgan fingerprint density at radius 2 is 2.08 bits per heavy atom. The molecule has 1 atom stereocenters. The van der Waals surface area contributed by atoms with Gasteiger partial charge in [0.2, 0.25) is 17.7 Å². The molecule has 1 saturated heterocycles. The molecular weight excluding hydrogens is 354 g/mol. The van der Waals surface area contributed by atoms with E-state index in [9.17, 15) is 14.4 Å². The largest absolute Gasteiger partial charge is 0.369 e. The van der Waals surface area contributed by atoms with Gasteiger partial charge in [-0.1, -0.05) is 37.4 Å². The van der Waals surface area contributed by atoms with E-state index < -0.39 is 11.3 Å². The van der Waals surface area contributed by atoms with Gasteiger partial charge in [0.15, 0.2) is 0 Å². The van der Waals surface area contributed by atoms with Crippen molar-refractivity contribution < 1.29 is 14.4 Å². The Labute approximate surface area is 158 Å². The number of nitrogens with zero attached hydrogens (tertiary/aromatic N) is 2. The lowest BCUT2D eigenvalue weighted by atomic mass is 9.98. The summed E-state index contributed by atoms with van der Waals surface area (Å²) < 4.78 is 0. The van der Waals surface area contributed by atoms with Gasteiger partial charge in [0.25, 0.3) is 0 Å². The first-order valence-corrected chi connectivity index (χ1v) is 9.44. The molecule has 3 amide bonds. The minimum atomic E-state index is -1.09. The molecule has 26 heavy (non-hydrogen) atoms. The molecule has 0 unspecified atom stereocenters. The quantitative estimate of drug-likeness (QED) is 0.772. The molecule has 7 heteroatoms. The first-order valence-electron chi connectivity index (χ1n) is 9.06. The van der Waals surface area contributed by atoms with Gasteiger partial charge in [0.05, 0.1) is 6.04 Å². The molecular formula is C19H24ClN3O3. The molecule has 1 aliphatic carbocycles. The number of hydrogen-bond acceptors (Lipinski definition) is 3. The number of amides is 3. The summed E-state index contributed by atoms with van der Waals surface area (Å²) in [7, 11) is 0. The number of primary amides is 1. The predicted octanol–water partition coefficient (Wildman–Crippen LogP) is 2.34. The third-order valence-corrected chi connectivity index (χ3v) is 5.58. The zero-order chi connectivity index (χ0) is 18.9. The number of halogens is 1. The van der Waals surface area contributed by atoms with Crippen LogP contribution in [-0.4, -0.2) is 41.8 Å². The van der Waals surface area contributed by atoms with Crippen LogP contribution in [0.4, 0.5) is 5.69 Å². The number of piperazine rings is 1. The van der Waals surface area contributed by atoms with Gasteiger partial charge in [-0.25, -0.2) is 0 Å². The number of carbonyl (C=O) groups excluding carboxylic acids is 3. The Bertz CT molecular complexity index is 732. The van der Waals surface area contributed by atoms with Gasteiger partial charge in [0.1, 0.15) is 12.0 Å². The maximum Gasteiger partial charge on any atom is 0.246 e. The van der Waals surface area contributed by atoms with Crippen molar-refractivity contribution in [2.75, 3.05) is 18.0 Å².